The maximum Gasteiger partial charge on any atom is 0.361 e. The van der Waals surface area contributed by atoms with Crippen LogP contribution in [0.5, 0.6) is 11.5 Å². The summed E-state index contributed by atoms with van der Waals surface area (Å²) in [4.78, 5) is 0. The van der Waals surface area contributed by atoms with Crippen molar-refractivity contribution in [3.05, 3.63) is 66.2 Å². The van der Waals surface area contributed by atoms with Crippen LogP contribution in [0.15, 0.2) is 65.1 Å². The van der Waals surface area contributed by atoms with Gasteiger partial charge in [0.25, 0.3) is 0 Å². The van der Waals surface area contributed by atoms with Crippen LogP contribution in [0, 0.1) is 6.92 Å². The summed E-state index contributed by atoms with van der Waals surface area (Å²) in [6, 6.07) is 19.8. The van der Waals surface area contributed by atoms with Crippen molar-refractivity contribution < 1.29 is 13.9 Å². The zero-order valence-electron chi connectivity index (χ0n) is 13.5. The molecule has 3 rings (SSSR count). The van der Waals surface area contributed by atoms with Crippen LogP contribution in [0.25, 0.3) is 22.6 Å². The molecule has 0 aliphatic carbocycles. The van der Waals surface area contributed by atoms with Gasteiger partial charge >= 0.3 is 11.5 Å². The minimum atomic E-state index is 0.830. The van der Waals surface area contributed by atoms with Crippen molar-refractivity contribution in [2.45, 2.75) is 6.92 Å². The van der Waals surface area contributed by atoms with Crippen LogP contribution in [0.1, 0.15) is 5.56 Å². The first-order chi connectivity index (χ1) is 11.2. The number of methoxy groups -OCH3 is 2. The second-order valence-corrected chi connectivity index (χ2v) is 5.32. The van der Waals surface area contributed by atoms with E-state index in [1.165, 1.54) is 0 Å². The molecule has 0 saturated heterocycles. The average Bonchev–Trinajstić information content (AvgIpc) is 2.61. The van der Waals surface area contributed by atoms with Gasteiger partial charge in [0.05, 0.1) is 25.3 Å². The molecule has 0 fully saturated rings. The largest absolute Gasteiger partial charge is 0.497 e. The van der Waals surface area contributed by atoms with E-state index in [4.69, 9.17) is 13.9 Å². The van der Waals surface area contributed by atoms with Crippen LogP contribution in [-0.2, 0) is 0 Å². The maximum absolute atomic E-state index is 6.10. The third-order valence-electron chi connectivity index (χ3n) is 3.69. The maximum atomic E-state index is 6.10. The smallest absolute Gasteiger partial charge is 0.361 e. The van der Waals surface area contributed by atoms with E-state index in [0.717, 1.165) is 39.7 Å². The zero-order valence-corrected chi connectivity index (χ0v) is 13.5. The van der Waals surface area contributed by atoms with E-state index < -0.39 is 0 Å². The third-order valence-corrected chi connectivity index (χ3v) is 3.69. The van der Waals surface area contributed by atoms with Gasteiger partial charge in [-0.2, -0.15) is 0 Å². The van der Waals surface area contributed by atoms with Crippen LogP contribution in [0.2, 0.25) is 0 Å². The standard InChI is InChI=1S/C20H19O3/c1-14-12-19(15-4-8-17(21-2)9-5-15)23-20(13-14)16-6-10-18(22-3)11-7-16/h4-13H,1-3H3/q+1. The highest BCUT2D eigenvalue weighted by molar-refractivity contribution is 5.65. The van der Waals surface area contributed by atoms with Gasteiger partial charge in [0.2, 0.25) is 0 Å². The van der Waals surface area contributed by atoms with Gasteiger partial charge in [-0.15, -0.1) is 0 Å². The number of benzene rings is 2. The number of rotatable bonds is 4. The topological polar surface area (TPSA) is 29.8 Å². The van der Waals surface area contributed by atoms with E-state index in [9.17, 15) is 0 Å². The van der Waals surface area contributed by atoms with Crippen molar-refractivity contribution in [3.63, 3.8) is 0 Å². The Kier molecular flexibility index (Phi) is 4.29. The lowest BCUT2D eigenvalue weighted by molar-refractivity contribution is 0.415. The highest BCUT2D eigenvalue weighted by Gasteiger charge is 2.18. The molecular weight excluding hydrogens is 288 g/mol. The molecule has 0 radical (unpaired) electrons. The molecular formula is C20H19O3+. The molecule has 0 unspecified atom stereocenters. The molecule has 1 heterocycles. The zero-order chi connectivity index (χ0) is 16.2. The molecule has 0 atom stereocenters. The molecule has 3 aromatic rings. The molecule has 116 valence electrons. The summed E-state index contributed by atoms with van der Waals surface area (Å²) in [5.41, 5.74) is 3.18. The van der Waals surface area contributed by atoms with Crippen LogP contribution in [-0.4, -0.2) is 14.2 Å². The lowest BCUT2D eigenvalue weighted by Gasteiger charge is -2.01. The number of aryl methyl sites for hydroxylation is 1. The first-order valence-corrected chi connectivity index (χ1v) is 7.43. The Morgan fingerprint density at radius 3 is 1.39 bits per heavy atom. The van der Waals surface area contributed by atoms with Crippen molar-refractivity contribution in [2.24, 2.45) is 0 Å². The molecule has 3 nitrogen and oxygen atoms in total. The summed E-state index contributed by atoms with van der Waals surface area (Å²) in [6.45, 7) is 2.07. The Morgan fingerprint density at radius 2 is 1.04 bits per heavy atom. The van der Waals surface area contributed by atoms with Crippen molar-refractivity contribution in [1.82, 2.24) is 0 Å². The molecule has 0 aliphatic rings. The van der Waals surface area contributed by atoms with Gasteiger partial charge in [-0.3, -0.25) is 0 Å². The van der Waals surface area contributed by atoms with E-state index in [1.54, 1.807) is 14.2 Å². The van der Waals surface area contributed by atoms with Crippen LogP contribution < -0.4 is 9.47 Å². The van der Waals surface area contributed by atoms with Crippen LogP contribution in [0.4, 0.5) is 0 Å². The number of hydrogen-bond donors (Lipinski definition) is 0. The molecule has 0 bridgehead atoms. The fourth-order valence-corrected chi connectivity index (χ4v) is 2.43. The summed E-state index contributed by atoms with van der Waals surface area (Å²) in [5.74, 6) is 3.32. The minimum Gasteiger partial charge on any atom is -0.497 e. The quantitative estimate of drug-likeness (QED) is 0.619. The number of hydrogen-bond acceptors (Lipinski definition) is 2. The monoisotopic (exact) mass is 307 g/mol. The van der Waals surface area contributed by atoms with E-state index in [-0.39, 0.29) is 0 Å². The van der Waals surface area contributed by atoms with Crippen LogP contribution >= 0.6 is 0 Å². The summed E-state index contributed by atoms with van der Waals surface area (Å²) < 4.78 is 16.5. The van der Waals surface area contributed by atoms with E-state index in [2.05, 4.69) is 6.92 Å². The van der Waals surface area contributed by atoms with Crippen molar-refractivity contribution in [2.75, 3.05) is 14.2 Å². The molecule has 2 aromatic carbocycles. The average molecular weight is 307 g/mol. The summed E-state index contributed by atoms with van der Waals surface area (Å²) in [6.07, 6.45) is 0. The summed E-state index contributed by atoms with van der Waals surface area (Å²) in [7, 11) is 3.32. The Bertz CT molecular complexity index is 724. The van der Waals surface area contributed by atoms with E-state index in [1.807, 2.05) is 60.7 Å². The van der Waals surface area contributed by atoms with Gasteiger partial charge in [0.1, 0.15) is 11.5 Å². The first kappa shape index (κ1) is 15.1. The van der Waals surface area contributed by atoms with Gasteiger partial charge in [-0.25, -0.2) is 4.42 Å². The summed E-state index contributed by atoms with van der Waals surface area (Å²) >= 11 is 0. The molecule has 0 N–H and O–H groups in total. The summed E-state index contributed by atoms with van der Waals surface area (Å²) in [5, 5.41) is 0. The van der Waals surface area contributed by atoms with E-state index in [0.29, 0.717) is 0 Å². The molecule has 3 heteroatoms. The fourth-order valence-electron chi connectivity index (χ4n) is 2.43. The van der Waals surface area contributed by atoms with Gasteiger partial charge in [0.15, 0.2) is 0 Å². The van der Waals surface area contributed by atoms with E-state index >= 15 is 0 Å². The lowest BCUT2D eigenvalue weighted by atomic mass is 10.1. The highest BCUT2D eigenvalue weighted by atomic mass is 16.5. The Labute approximate surface area is 136 Å². The lowest BCUT2D eigenvalue weighted by Crippen LogP contribution is -1.87. The second kappa shape index (κ2) is 6.53. The minimum absolute atomic E-state index is 0.830. The predicted molar refractivity (Wildman–Crippen MR) is 91.8 cm³/mol. The Hall–Kier alpha value is -2.81. The molecule has 1 aromatic heterocycles. The third kappa shape index (κ3) is 3.34. The Balaban J connectivity index is 2.00. The molecule has 0 saturated carbocycles. The predicted octanol–water partition coefficient (Wildman–Crippen LogP) is 5.22. The van der Waals surface area contributed by atoms with Crippen molar-refractivity contribution in [3.8, 4) is 34.1 Å². The van der Waals surface area contributed by atoms with Crippen molar-refractivity contribution >= 4 is 0 Å². The second-order valence-electron chi connectivity index (χ2n) is 5.32. The molecule has 0 amide bonds. The Morgan fingerprint density at radius 1 is 0.652 bits per heavy atom. The van der Waals surface area contributed by atoms with Gasteiger partial charge in [0, 0.05) is 12.1 Å². The SMILES string of the molecule is COc1ccc(-c2cc(C)cc(-c3ccc(OC)cc3)[o+]2)cc1. The van der Waals surface area contributed by atoms with Gasteiger partial charge in [-0.1, -0.05) is 0 Å². The fraction of sp³-hybridized carbons (Fsp3) is 0.150. The molecule has 23 heavy (non-hydrogen) atoms. The van der Waals surface area contributed by atoms with Crippen LogP contribution in [0.3, 0.4) is 0 Å². The van der Waals surface area contributed by atoms with Gasteiger partial charge < -0.3 is 9.47 Å². The van der Waals surface area contributed by atoms with Gasteiger partial charge in [-0.05, 0) is 61.0 Å². The highest BCUT2D eigenvalue weighted by Crippen LogP contribution is 2.30. The normalized spacial score (nSPS) is 10.4. The first-order valence-electron chi connectivity index (χ1n) is 7.43. The molecule has 0 aliphatic heterocycles. The number of ether oxygens (including phenoxy) is 2. The molecule has 0 spiro atoms. The van der Waals surface area contributed by atoms with Crippen molar-refractivity contribution in [1.29, 1.82) is 0 Å².